The first-order valence-corrected chi connectivity index (χ1v) is 6.57. The molecule has 0 aromatic heterocycles. The van der Waals surface area contributed by atoms with Crippen LogP contribution in [0.3, 0.4) is 0 Å². The van der Waals surface area contributed by atoms with E-state index in [9.17, 15) is 4.79 Å². The molecule has 0 fully saturated rings. The van der Waals surface area contributed by atoms with Crippen molar-refractivity contribution in [3.05, 3.63) is 18.2 Å². The SMILES string of the molecule is CN(C)c1ccc2c(c1)OCCN2C(=O)C(C)(C)C. The Morgan fingerprint density at radius 2 is 2.00 bits per heavy atom. The molecule has 0 saturated carbocycles. The van der Waals surface area contributed by atoms with Crippen LogP contribution >= 0.6 is 0 Å². The van der Waals surface area contributed by atoms with Gasteiger partial charge in [0.15, 0.2) is 0 Å². The zero-order valence-electron chi connectivity index (χ0n) is 12.4. The predicted octanol–water partition coefficient (Wildman–Crippen LogP) is 2.52. The molecule has 0 unspecified atom stereocenters. The van der Waals surface area contributed by atoms with E-state index >= 15 is 0 Å². The predicted molar refractivity (Wildman–Crippen MR) is 78.1 cm³/mol. The number of anilines is 2. The van der Waals surface area contributed by atoms with Crippen molar-refractivity contribution in [1.29, 1.82) is 0 Å². The molecule has 104 valence electrons. The lowest BCUT2D eigenvalue weighted by Gasteiger charge is -2.34. The second kappa shape index (κ2) is 4.76. The molecule has 2 rings (SSSR count). The van der Waals surface area contributed by atoms with Gasteiger partial charge in [-0.15, -0.1) is 0 Å². The molecule has 0 spiro atoms. The Bertz CT molecular complexity index is 489. The van der Waals surface area contributed by atoms with Crippen molar-refractivity contribution in [1.82, 2.24) is 0 Å². The maximum atomic E-state index is 12.5. The quantitative estimate of drug-likeness (QED) is 0.779. The number of nitrogens with zero attached hydrogens (tertiary/aromatic N) is 2. The number of amides is 1. The molecule has 19 heavy (non-hydrogen) atoms. The number of carbonyl (C=O) groups excluding carboxylic acids is 1. The second-order valence-corrected chi connectivity index (χ2v) is 6.10. The zero-order chi connectivity index (χ0) is 14.2. The van der Waals surface area contributed by atoms with Gasteiger partial charge in [-0.3, -0.25) is 4.79 Å². The molecular weight excluding hydrogens is 240 g/mol. The first-order chi connectivity index (χ1) is 8.80. The van der Waals surface area contributed by atoms with Gasteiger partial charge in [0.1, 0.15) is 12.4 Å². The molecule has 0 saturated heterocycles. The second-order valence-electron chi connectivity index (χ2n) is 6.10. The molecule has 1 heterocycles. The normalized spacial score (nSPS) is 14.7. The summed E-state index contributed by atoms with van der Waals surface area (Å²) in [7, 11) is 3.98. The average molecular weight is 262 g/mol. The molecule has 1 aromatic rings. The van der Waals surface area contributed by atoms with Crippen LogP contribution in [0.15, 0.2) is 18.2 Å². The van der Waals surface area contributed by atoms with Crippen LogP contribution in [-0.2, 0) is 4.79 Å². The van der Waals surface area contributed by atoms with E-state index in [1.807, 2.05) is 62.9 Å². The monoisotopic (exact) mass is 262 g/mol. The molecule has 1 amide bonds. The van der Waals surface area contributed by atoms with E-state index in [0.29, 0.717) is 13.2 Å². The number of hydrogen-bond donors (Lipinski definition) is 0. The molecule has 1 aliphatic heterocycles. The smallest absolute Gasteiger partial charge is 0.232 e. The largest absolute Gasteiger partial charge is 0.489 e. The third-order valence-electron chi connectivity index (χ3n) is 3.21. The summed E-state index contributed by atoms with van der Waals surface area (Å²) in [6.07, 6.45) is 0. The molecule has 0 radical (unpaired) electrons. The zero-order valence-corrected chi connectivity index (χ0v) is 12.4. The third-order valence-corrected chi connectivity index (χ3v) is 3.21. The fourth-order valence-electron chi connectivity index (χ4n) is 2.10. The van der Waals surface area contributed by atoms with E-state index in [1.165, 1.54) is 0 Å². The summed E-state index contributed by atoms with van der Waals surface area (Å²) in [5.41, 5.74) is 1.56. The van der Waals surface area contributed by atoms with Crippen LogP contribution in [0.1, 0.15) is 20.8 Å². The Balaban J connectivity index is 2.38. The van der Waals surface area contributed by atoms with Crippen LogP contribution < -0.4 is 14.5 Å². The van der Waals surface area contributed by atoms with Gasteiger partial charge in [0.2, 0.25) is 5.91 Å². The van der Waals surface area contributed by atoms with Gasteiger partial charge in [0, 0.05) is 31.3 Å². The van der Waals surface area contributed by atoms with Crippen molar-refractivity contribution >= 4 is 17.3 Å². The number of hydrogen-bond acceptors (Lipinski definition) is 3. The van der Waals surface area contributed by atoms with Crippen LogP contribution in [0.2, 0.25) is 0 Å². The van der Waals surface area contributed by atoms with E-state index in [0.717, 1.165) is 17.1 Å². The maximum absolute atomic E-state index is 12.5. The minimum Gasteiger partial charge on any atom is -0.489 e. The highest BCUT2D eigenvalue weighted by atomic mass is 16.5. The highest BCUT2D eigenvalue weighted by Gasteiger charge is 2.31. The Morgan fingerprint density at radius 3 is 2.58 bits per heavy atom. The number of ether oxygens (including phenoxy) is 1. The molecule has 0 bridgehead atoms. The van der Waals surface area contributed by atoms with Crippen LogP contribution in [0.5, 0.6) is 5.75 Å². The van der Waals surface area contributed by atoms with E-state index in [1.54, 1.807) is 0 Å². The summed E-state index contributed by atoms with van der Waals surface area (Å²) in [5, 5.41) is 0. The average Bonchev–Trinajstić information content (AvgIpc) is 2.35. The minimum atomic E-state index is -0.380. The first kappa shape index (κ1) is 13.7. The maximum Gasteiger partial charge on any atom is 0.232 e. The van der Waals surface area contributed by atoms with Crippen LogP contribution in [0.25, 0.3) is 0 Å². The van der Waals surface area contributed by atoms with E-state index < -0.39 is 0 Å². The molecule has 0 aliphatic carbocycles. The molecule has 1 aliphatic rings. The fraction of sp³-hybridized carbons (Fsp3) is 0.533. The van der Waals surface area contributed by atoms with Gasteiger partial charge in [0.25, 0.3) is 0 Å². The first-order valence-electron chi connectivity index (χ1n) is 6.57. The van der Waals surface area contributed by atoms with E-state index in [-0.39, 0.29) is 11.3 Å². The van der Waals surface area contributed by atoms with Gasteiger partial charge < -0.3 is 14.5 Å². The van der Waals surface area contributed by atoms with Gasteiger partial charge >= 0.3 is 0 Å². The van der Waals surface area contributed by atoms with Crippen LogP contribution in [0, 0.1) is 5.41 Å². The molecule has 1 aromatic carbocycles. The van der Waals surface area contributed by atoms with Crippen molar-refractivity contribution in [2.75, 3.05) is 37.0 Å². The standard InChI is InChI=1S/C15H22N2O2/c1-15(2,3)14(18)17-8-9-19-13-10-11(16(4)5)6-7-12(13)17/h6-7,10H,8-9H2,1-5H3. The van der Waals surface area contributed by atoms with Gasteiger partial charge in [-0.25, -0.2) is 0 Å². The Kier molecular flexibility index (Phi) is 3.43. The van der Waals surface area contributed by atoms with Crippen molar-refractivity contribution < 1.29 is 9.53 Å². The molecule has 0 atom stereocenters. The number of rotatable bonds is 1. The highest BCUT2D eigenvalue weighted by Crippen LogP contribution is 2.36. The lowest BCUT2D eigenvalue weighted by Crippen LogP contribution is -2.44. The number of carbonyl (C=O) groups is 1. The summed E-state index contributed by atoms with van der Waals surface area (Å²) >= 11 is 0. The number of benzene rings is 1. The summed E-state index contributed by atoms with van der Waals surface area (Å²) in [4.78, 5) is 16.3. The van der Waals surface area contributed by atoms with Gasteiger partial charge in [-0.05, 0) is 12.1 Å². The van der Waals surface area contributed by atoms with Gasteiger partial charge in [-0.1, -0.05) is 20.8 Å². The van der Waals surface area contributed by atoms with Gasteiger partial charge in [-0.2, -0.15) is 0 Å². The lowest BCUT2D eigenvalue weighted by molar-refractivity contribution is -0.126. The Morgan fingerprint density at radius 1 is 1.32 bits per heavy atom. The molecular formula is C15H22N2O2. The fourth-order valence-corrected chi connectivity index (χ4v) is 2.10. The molecule has 4 nitrogen and oxygen atoms in total. The third kappa shape index (κ3) is 2.67. The number of fused-ring (bicyclic) bond motifs is 1. The molecule has 0 N–H and O–H groups in total. The highest BCUT2D eigenvalue weighted by molar-refractivity contribution is 5.98. The summed E-state index contributed by atoms with van der Waals surface area (Å²) < 4.78 is 5.69. The van der Waals surface area contributed by atoms with E-state index in [4.69, 9.17) is 4.74 Å². The Labute approximate surface area is 115 Å². The summed E-state index contributed by atoms with van der Waals surface area (Å²) in [6, 6.07) is 5.96. The van der Waals surface area contributed by atoms with Crippen LogP contribution in [-0.4, -0.2) is 33.2 Å². The summed E-state index contributed by atoms with van der Waals surface area (Å²) in [6.45, 7) is 6.99. The lowest BCUT2D eigenvalue weighted by atomic mass is 9.94. The van der Waals surface area contributed by atoms with Crippen molar-refractivity contribution in [2.45, 2.75) is 20.8 Å². The van der Waals surface area contributed by atoms with E-state index in [2.05, 4.69) is 0 Å². The Hall–Kier alpha value is -1.71. The van der Waals surface area contributed by atoms with Crippen molar-refractivity contribution in [3.8, 4) is 5.75 Å². The van der Waals surface area contributed by atoms with Crippen molar-refractivity contribution in [3.63, 3.8) is 0 Å². The van der Waals surface area contributed by atoms with Crippen LogP contribution in [0.4, 0.5) is 11.4 Å². The van der Waals surface area contributed by atoms with Crippen molar-refractivity contribution in [2.24, 2.45) is 5.41 Å². The summed E-state index contributed by atoms with van der Waals surface area (Å²) in [5.74, 6) is 0.921. The van der Waals surface area contributed by atoms with Gasteiger partial charge in [0.05, 0.1) is 12.2 Å². The minimum absolute atomic E-state index is 0.134. The molecule has 4 heteroatoms. The topological polar surface area (TPSA) is 32.8 Å².